The Morgan fingerprint density at radius 2 is 1.96 bits per heavy atom. The highest BCUT2D eigenvalue weighted by molar-refractivity contribution is 5.93. The molecule has 3 aromatic rings. The van der Waals surface area contributed by atoms with Gasteiger partial charge in [-0.25, -0.2) is 9.97 Å². The monoisotopic (exact) mass is 373 g/mol. The minimum atomic E-state index is 0.112. The molecule has 3 aromatic heterocycles. The van der Waals surface area contributed by atoms with Crippen molar-refractivity contribution in [2.45, 2.75) is 31.7 Å². The fraction of sp³-hybridized carbons (Fsp3) is 0.333. The van der Waals surface area contributed by atoms with Gasteiger partial charge in [0, 0.05) is 24.7 Å². The normalized spacial score (nSPS) is 17.6. The minimum absolute atomic E-state index is 0.112. The zero-order valence-corrected chi connectivity index (χ0v) is 15.8. The fourth-order valence-corrected chi connectivity index (χ4v) is 3.93. The lowest BCUT2D eigenvalue weighted by Gasteiger charge is -2.24. The first kappa shape index (κ1) is 17.1. The van der Waals surface area contributed by atoms with Crippen molar-refractivity contribution in [2.75, 3.05) is 18.4 Å². The van der Waals surface area contributed by atoms with Gasteiger partial charge in [0.25, 0.3) is 0 Å². The van der Waals surface area contributed by atoms with Crippen molar-refractivity contribution in [3.63, 3.8) is 0 Å². The number of aryl methyl sites for hydroxylation is 1. The third-order valence-corrected chi connectivity index (χ3v) is 5.48. The number of anilines is 1. The second-order valence-electron chi connectivity index (χ2n) is 7.41. The lowest BCUT2D eigenvalue weighted by atomic mass is 9.99. The molecule has 2 N–H and O–H groups in total. The van der Waals surface area contributed by atoms with Crippen molar-refractivity contribution in [2.24, 2.45) is 10.2 Å². The van der Waals surface area contributed by atoms with Crippen molar-refractivity contribution >= 4 is 23.9 Å². The van der Waals surface area contributed by atoms with E-state index in [1.54, 1.807) is 0 Å². The van der Waals surface area contributed by atoms with E-state index in [-0.39, 0.29) is 5.92 Å². The van der Waals surface area contributed by atoms with Crippen LogP contribution in [0.15, 0.2) is 46.9 Å². The Balaban J connectivity index is 1.50. The van der Waals surface area contributed by atoms with Gasteiger partial charge in [0.1, 0.15) is 11.5 Å². The van der Waals surface area contributed by atoms with Crippen molar-refractivity contribution in [3.05, 3.63) is 47.8 Å². The molecule has 28 heavy (non-hydrogen) atoms. The lowest BCUT2D eigenvalue weighted by molar-refractivity contribution is 0.478. The van der Waals surface area contributed by atoms with Crippen molar-refractivity contribution < 1.29 is 0 Å². The summed E-state index contributed by atoms with van der Waals surface area (Å²) in [5, 5.41) is 15.0. The highest BCUT2D eigenvalue weighted by atomic mass is 15.2. The molecular formula is C21H23N7. The molecular weight excluding hydrogens is 350 g/mol. The maximum atomic E-state index is 4.86. The summed E-state index contributed by atoms with van der Waals surface area (Å²) < 4.78 is 2.11. The lowest BCUT2D eigenvalue weighted by Crippen LogP contribution is -2.35. The number of hydrogen-bond acceptors (Lipinski definition) is 6. The SMILES string of the molecule is Cc1cc2ncc(-c3cccc(NC4CCNCC4)n3)n2cc1C1C=NN=C1. The van der Waals surface area contributed by atoms with E-state index in [9.17, 15) is 0 Å². The first-order valence-corrected chi connectivity index (χ1v) is 9.77. The molecule has 1 saturated heterocycles. The molecule has 0 saturated carbocycles. The van der Waals surface area contributed by atoms with Gasteiger partial charge in [-0.05, 0) is 62.2 Å². The topological polar surface area (TPSA) is 79.0 Å². The van der Waals surface area contributed by atoms with Crippen molar-refractivity contribution in [1.82, 2.24) is 19.7 Å². The Morgan fingerprint density at radius 1 is 1.14 bits per heavy atom. The van der Waals surface area contributed by atoms with Crippen LogP contribution in [0.3, 0.4) is 0 Å². The largest absolute Gasteiger partial charge is 0.367 e. The van der Waals surface area contributed by atoms with Crippen LogP contribution in [0.2, 0.25) is 0 Å². The Hall–Kier alpha value is -3.06. The first-order valence-electron chi connectivity index (χ1n) is 9.77. The summed E-state index contributed by atoms with van der Waals surface area (Å²) in [6.07, 6.45) is 10.0. The summed E-state index contributed by atoms with van der Waals surface area (Å²) >= 11 is 0. The molecule has 5 heterocycles. The molecule has 2 aliphatic rings. The van der Waals surface area contributed by atoms with E-state index in [2.05, 4.69) is 55.5 Å². The summed E-state index contributed by atoms with van der Waals surface area (Å²) in [5.41, 5.74) is 5.18. The van der Waals surface area contributed by atoms with Gasteiger partial charge in [0.15, 0.2) is 0 Å². The highest BCUT2D eigenvalue weighted by Gasteiger charge is 2.17. The Bertz CT molecular complexity index is 1050. The molecule has 0 radical (unpaired) electrons. The highest BCUT2D eigenvalue weighted by Crippen LogP contribution is 2.26. The predicted octanol–water partition coefficient (Wildman–Crippen LogP) is 3.02. The van der Waals surface area contributed by atoms with Crippen LogP contribution in [0.4, 0.5) is 5.82 Å². The van der Waals surface area contributed by atoms with Gasteiger partial charge in [-0.2, -0.15) is 10.2 Å². The van der Waals surface area contributed by atoms with E-state index in [4.69, 9.17) is 4.98 Å². The summed E-state index contributed by atoms with van der Waals surface area (Å²) in [5.74, 6) is 1.03. The molecule has 0 bridgehead atoms. The number of piperidine rings is 1. The van der Waals surface area contributed by atoms with Crippen molar-refractivity contribution in [3.8, 4) is 11.4 Å². The van der Waals surface area contributed by atoms with Crippen LogP contribution < -0.4 is 10.6 Å². The van der Waals surface area contributed by atoms with Gasteiger partial charge >= 0.3 is 0 Å². The number of fused-ring (bicyclic) bond motifs is 1. The van der Waals surface area contributed by atoms with E-state index in [1.165, 1.54) is 11.1 Å². The molecule has 5 rings (SSSR count). The summed E-state index contributed by atoms with van der Waals surface area (Å²) in [6.45, 7) is 4.21. The quantitative estimate of drug-likeness (QED) is 0.737. The molecule has 0 aliphatic carbocycles. The Morgan fingerprint density at radius 3 is 2.79 bits per heavy atom. The van der Waals surface area contributed by atoms with Crippen LogP contribution in [-0.4, -0.2) is 45.9 Å². The number of imidazole rings is 1. The molecule has 0 spiro atoms. The second-order valence-corrected chi connectivity index (χ2v) is 7.41. The maximum Gasteiger partial charge on any atom is 0.137 e. The third kappa shape index (κ3) is 3.18. The standard InChI is InChI=1S/C21H23N7/c1-14-9-21-23-12-19(28(21)13-17(14)15-10-24-25-11-15)18-3-2-4-20(27-18)26-16-5-7-22-8-6-16/h2-4,9-13,15-16,22H,5-8H2,1H3,(H,26,27). The summed E-state index contributed by atoms with van der Waals surface area (Å²) in [6, 6.07) is 8.71. The van der Waals surface area contributed by atoms with E-state index in [0.29, 0.717) is 6.04 Å². The smallest absolute Gasteiger partial charge is 0.137 e. The first-order chi connectivity index (χ1) is 13.8. The summed E-state index contributed by atoms with van der Waals surface area (Å²) in [7, 11) is 0. The number of hydrogen-bond donors (Lipinski definition) is 2. The van der Waals surface area contributed by atoms with Crippen LogP contribution in [-0.2, 0) is 0 Å². The third-order valence-electron chi connectivity index (χ3n) is 5.48. The average molecular weight is 373 g/mol. The Kier molecular flexibility index (Phi) is 4.37. The molecule has 0 unspecified atom stereocenters. The summed E-state index contributed by atoms with van der Waals surface area (Å²) in [4.78, 5) is 9.46. The predicted molar refractivity (Wildman–Crippen MR) is 112 cm³/mol. The Labute approximate surface area is 163 Å². The van der Waals surface area contributed by atoms with E-state index < -0.39 is 0 Å². The van der Waals surface area contributed by atoms with Gasteiger partial charge in [0.05, 0.1) is 23.5 Å². The number of aromatic nitrogens is 3. The van der Waals surface area contributed by atoms with E-state index >= 15 is 0 Å². The van der Waals surface area contributed by atoms with E-state index in [1.807, 2.05) is 30.8 Å². The minimum Gasteiger partial charge on any atom is -0.367 e. The maximum absolute atomic E-state index is 4.86. The number of rotatable bonds is 4. The number of nitrogens with zero attached hydrogens (tertiary/aromatic N) is 5. The number of nitrogens with one attached hydrogen (secondary N) is 2. The fourth-order valence-electron chi connectivity index (χ4n) is 3.93. The van der Waals surface area contributed by atoms with Gasteiger partial charge in [-0.1, -0.05) is 6.07 Å². The molecule has 0 aromatic carbocycles. The van der Waals surface area contributed by atoms with Crippen molar-refractivity contribution in [1.29, 1.82) is 0 Å². The van der Waals surface area contributed by atoms with Gasteiger partial charge in [0.2, 0.25) is 0 Å². The van der Waals surface area contributed by atoms with Crippen LogP contribution >= 0.6 is 0 Å². The van der Waals surface area contributed by atoms with Gasteiger partial charge in [-0.3, -0.25) is 4.40 Å². The molecule has 142 valence electrons. The molecule has 7 nitrogen and oxygen atoms in total. The zero-order valence-electron chi connectivity index (χ0n) is 15.8. The van der Waals surface area contributed by atoms with Crippen LogP contribution in [0, 0.1) is 6.92 Å². The van der Waals surface area contributed by atoms with Crippen LogP contribution in [0.1, 0.15) is 29.9 Å². The van der Waals surface area contributed by atoms with E-state index in [0.717, 1.165) is 48.8 Å². The second kappa shape index (κ2) is 7.16. The van der Waals surface area contributed by atoms with Crippen LogP contribution in [0.5, 0.6) is 0 Å². The van der Waals surface area contributed by atoms with Gasteiger partial charge < -0.3 is 10.6 Å². The molecule has 7 heteroatoms. The average Bonchev–Trinajstić information content (AvgIpc) is 3.38. The molecule has 1 fully saturated rings. The van der Waals surface area contributed by atoms with Gasteiger partial charge in [-0.15, -0.1) is 0 Å². The molecule has 0 amide bonds. The number of pyridine rings is 2. The molecule has 0 atom stereocenters. The zero-order chi connectivity index (χ0) is 18.9. The molecule has 2 aliphatic heterocycles. The van der Waals surface area contributed by atoms with Crippen LogP contribution in [0.25, 0.3) is 17.0 Å².